The Morgan fingerprint density at radius 3 is 2.77 bits per heavy atom. The van der Waals surface area contributed by atoms with Crippen molar-refractivity contribution in [1.29, 1.82) is 5.26 Å². The van der Waals surface area contributed by atoms with Crippen LogP contribution in [0.2, 0.25) is 0 Å². The molecule has 1 atom stereocenters. The van der Waals surface area contributed by atoms with Crippen LogP contribution in [0.15, 0.2) is 28.7 Å². The smallest absolute Gasteiger partial charge is 0.0641 e. The van der Waals surface area contributed by atoms with Crippen molar-refractivity contribution in [2.24, 2.45) is 5.73 Å². The maximum Gasteiger partial charge on any atom is 0.0641 e. The van der Waals surface area contributed by atoms with Gasteiger partial charge in [-0.2, -0.15) is 5.26 Å². The summed E-state index contributed by atoms with van der Waals surface area (Å²) in [6.07, 6.45) is 0.358. The molecule has 0 bridgehead atoms. The van der Waals surface area contributed by atoms with E-state index in [2.05, 4.69) is 15.9 Å². The summed E-state index contributed by atoms with van der Waals surface area (Å²) in [7, 11) is 0. The maximum absolute atomic E-state index is 8.43. The lowest BCUT2D eigenvalue weighted by molar-refractivity contribution is 0.748. The third kappa shape index (κ3) is 3.77. The van der Waals surface area contributed by atoms with Crippen molar-refractivity contribution in [3.8, 4) is 6.07 Å². The minimum atomic E-state index is -0.174. The molecule has 0 aromatic heterocycles. The van der Waals surface area contributed by atoms with Crippen molar-refractivity contribution in [2.45, 2.75) is 12.5 Å². The van der Waals surface area contributed by atoms with Gasteiger partial charge in [0.2, 0.25) is 0 Å². The van der Waals surface area contributed by atoms with E-state index in [1.807, 2.05) is 30.3 Å². The Kier molecular flexibility index (Phi) is 5.72. The molecule has 0 saturated heterocycles. The van der Waals surface area contributed by atoms with Crippen LogP contribution in [0, 0.1) is 11.3 Å². The lowest BCUT2D eigenvalue weighted by atomic mass is 10.1. The van der Waals surface area contributed by atoms with E-state index in [1.54, 1.807) is 0 Å². The van der Waals surface area contributed by atoms with Crippen LogP contribution >= 0.6 is 28.3 Å². The van der Waals surface area contributed by atoms with Gasteiger partial charge in [-0.15, -0.1) is 12.4 Å². The first-order valence-electron chi connectivity index (χ1n) is 3.62. The molecular weight excluding hydrogens is 251 g/mol. The molecule has 0 spiro atoms. The van der Waals surface area contributed by atoms with Crippen molar-refractivity contribution in [2.75, 3.05) is 0 Å². The van der Waals surface area contributed by atoms with Gasteiger partial charge < -0.3 is 5.73 Å². The Morgan fingerprint density at radius 1 is 1.54 bits per heavy atom. The van der Waals surface area contributed by atoms with E-state index in [-0.39, 0.29) is 18.4 Å². The van der Waals surface area contributed by atoms with E-state index < -0.39 is 0 Å². The van der Waals surface area contributed by atoms with Crippen molar-refractivity contribution in [3.05, 3.63) is 34.3 Å². The normalized spacial score (nSPS) is 11.2. The van der Waals surface area contributed by atoms with E-state index in [1.165, 1.54) is 0 Å². The molecule has 0 radical (unpaired) electrons. The van der Waals surface area contributed by atoms with Crippen LogP contribution in [0.3, 0.4) is 0 Å². The Hall–Kier alpha value is -0.560. The molecule has 1 aromatic rings. The standard InChI is InChI=1S/C9H9BrN2.ClH/c10-8-3-1-2-7(6-8)9(12)4-5-11;/h1-3,6,9H,4,12H2;1H. The first-order chi connectivity index (χ1) is 5.74. The second-order valence-electron chi connectivity index (χ2n) is 2.52. The van der Waals surface area contributed by atoms with Crippen LogP contribution in [0.25, 0.3) is 0 Å². The van der Waals surface area contributed by atoms with Crippen LogP contribution in [0.1, 0.15) is 18.0 Å². The van der Waals surface area contributed by atoms with Crippen LogP contribution in [-0.2, 0) is 0 Å². The van der Waals surface area contributed by atoms with Crippen molar-refractivity contribution >= 4 is 28.3 Å². The zero-order chi connectivity index (χ0) is 8.97. The highest BCUT2D eigenvalue weighted by Crippen LogP contribution is 2.18. The fourth-order valence-electron chi connectivity index (χ4n) is 0.953. The van der Waals surface area contributed by atoms with Crippen molar-refractivity contribution < 1.29 is 0 Å². The predicted molar refractivity (Wildman–Crippen MR) is 58.5 cm³/mol. The van der Waals surface area contributed by atoms with E-state index in [0.717, 1.165) is 10.0 Å². The summed E-state index contributed by atoms with van der Waals surface area (Å²) in [6.45, 7) is 0. The molecule has 1 rings (SSSR count). The van der Waals surface area contributed by atoms with Crippen LogP contribution in [-0.4, -0.2) is 0 Å². The Balaban J connectivity index is 0.00000144. The number of nitriles is 1. The lowest BCUT2D eigenvalue weighted by Gasteiger charge is -2.07. The molecule has 0 fully saturated rings. The summed E-state index contributed by atoms with van der Waals surface area (Å²) >= 11 is 3.34. The van der Waals surface area contributed by atoms with Gasteiger partial charge in [0, 0.05) is 10.5 Å². The molecule has 0 amide bonds. The molecule has 0 aliphatic carbocycles. The predicted octanol–water partition coefficient (Wildman–Crippen LogP) is 2.78. The Morgan fingerprint density at radius 2 is 2.23 bits per heavy atom. The lowest BCUT2D eigenvalue weighted by Crippen LogP contribution is -2.08. The molecule has 1 unspecified atom stereocenters. The van der Waals surface area contributed by atoms with E-state index >= 15 is 0 Å². The second-order valence-corrected chi connectivity index (χ2v) is 3.44. The Labute approximate surface area is 92.3 Å². The van der Waals surface area contributed by atoms with Gasteiger partial charge >= 0.3 is 0 Å². The highest BCUT2D eigenvalue weighted by molar-refractivity contribution is 9.10. The summed E-state index contributed by atoms with van der Waals surface area (Å²) in [4.78, 5) is 0. The molecule has 0 aliphatic rings. The third-order valence-electron chi connectivity index (χ3n) is 1.59. The zero-order valence-corrected chi connectivity index (χ0v) is 9.31. The highest BCUT2D eigenvalue weighted by Gasteiger charge is 2.04. The van der Waals surface area contributed by atoms with Crippen molar-refractivity contribution in [1.82, 2.24) is 0 Å². The summed E-state index contributed by atoms with van der Waals surface area (Å²) in [5.74, 6) is 0. The molecule has 70 valence electrons. The number of halogens is 2. The first-order valence-corrected chi connectivity index (χ1v) is 4.41. The zero-order valence-electron chi connectivity index (χ0n) is 6.90. The molecule has 0 heterocycles. The Bertz CT molecular complexity index is 309. The van der Waals surface area contributed by atoms with Crippen molar-refractivity contribution in [3.63, 3.8) is 0 Å². The topological polar surface area (TPSA) is 49.8 Å². The molecule has 0 aliphatic heterocycles. The minimum absolute atomic E-state index is 0. The third-order valence-corrected chi connectivity index (χ3v) is 2.08. The molecule has 2 nitrogen and oxygen atoms in total. The number of benzene rings is 1. The highest BCUT2D eigenvalue weighted by atomic mass is 79.9. The van der Waals surface area contributed by atoms with E-state index in [4.69, 9.17) is 11.0 Å². The average Bonchev–Trinajstić information content (AvgIpc) is 2.05. The van der Waals surface area contributed by atoms with E-state index in [9.17, 15) is 0 Å². The molecular formula is C9H10BrClN2. The van der Waals surface area contributed by atoms with Gasteiger partial charge in [-0.05, 0) is 17.7 Å². The second kappa shape index (κ2) is 5.98. The van der Waals surface area contributed by atoms with Gasteiger partial charge in [-0.3, -0.25) is 0 Å². The van der Waals surface area contributed by atoms with Gasteiger partial charge in [0.05, 0.1) is 12.5 Å². The summed E-state index contributed by atoms with van der Waals surface area (Å²) in [5.41, 5.74) is 6.72. The van der Waals surface area contributed by atoms with Gasteiger partial charge in [0.1, 0.15) is 0 Å². The van der Waals surface area contributed by atoms with Crippen LogP contribution in [0.4, 0.5) is 0 Å². The van der Waals surface area contributed by atoms with Gasteiger partial charge in [0.25, 0.3) is 0 Å². The monoisotopic (exact) mass is 260 g/mol. The number of nitrogens with two attached hydrogens (primary N) is 1. The number of hydrogen-bond donors (Lipinski definition) is 1. The SMILES string of the molecule is Cl.N#CCC(N)c1cccc(Br)c1. The first kappa shape index (κ1) is 12.4. The average molecular weight is 262 g/mol. The molecule has 13 heavy (non-hydrogen) atoms. The summed E-state index contributed by atoms with van der Waals surface area (Å²) in [5, 5.41) is 8.43. The fraction of sp³-hybridized carbons (Fsp3) is 0.222. The quantitative estimate of drug-likeness (QED) is 0.890. The summed E-state index contributed by atoms with van der Waals surface area (Å²) in [6, 6.07) is 9.57. The molecule has 2 N–H and O–H groups in total. The van der Waals surface area contributed by atoms with Crippen LogP contribution < -0.4 is 5.73 Å². The molecule has 4 heteroatoms. The van der Waals surface area contributed by atoms with Gasteiger partial charge in [-0.1, -0.05) is 28.1 Å². The largest absolute Gasteiger partial charge is 0.323 e. The number of nitrogens with zero attached hydrogens (tertiary/aromatic N) is 1. The van der Waals surface area contributed by atoms with E-state index in [0.29, 0.717) is 6.42 Å². The maximum atomic E-state index is 8.43. The molecule has 1 aromatic carbocycles. The fourth-order valence-corrected chi connectivity index (χ4v) is 1.37. The molecule has 0 saturated carbocycles. The number of rotatable bonds is 2. The summed E-state index contributed by atoms with van der Waals surface area (Å²) < 4.78 is 0.994. The van der Waals surface area contributed by atoms with Crippen LogP contribution in [0.5, 0.6) is 0 Å². The van der Waals surface area contributed by atoms with Gasteiger partial charge in [0.15, 0.2) is 0 Å². The van der Waals surface area contributed by atoms with Gasteiger partial charge in [-0.25, -0.2) is 0 Å². The number of hydrogen-bond acceptors (Lipinski definition) is 2. The minimum Gasteiger partial charge on any atom is -0.323 e.